The van der Waals surface area contributed by atoms with Crippen molar-refractivity contribution in [1.29, 1.82) is 0 Å². The molecule has 0 saturated heterocycles. The molecule has 0 N–H and O–H groups in total. The minimum atomic E-state index is 0.750. The molecule has 4 rings (SSSR count). The van der Waals surface area contributed by atoms with Crippen molar-refractivity contribution >= 4 is 11.3 Å². The summed E-state index contributed by atoms with van der Waals surface area (Å²) in [7, 11) is 0. The lowest BCUT2D eigenvalue weighted by Gasteiger charge is -2.07. The molecule has 0 unspecified atom stereocenters. The molecule has 0 radical (unpaired) electrons. The number of hydrogen-bond acceptors (Lipinski definition) is 3. The molecule has 0 aliphatic carbocycles. The summed E-state index contributed by atoms with van der Waals surface area (Å²) in [6, 6.07) is 16.5. The zero-order valence-corrected chi connectivity index (χ0v) is 14.5. The molecular formula is C20H18N2OS. The van der Waals surface area contributed by atoms with Crippen LogP contribution in [0.1, 0.15) is 17.1 Å². The van der Waals surface area contributed by atoms with Gasteiger partial charge in [-0.05, 0) is 32.0 Å². The molecule has 4 aromatic rings. The lowest BCUT2D eigenvalue weighted by molar-refractivity contribution is 0.489. The molecule has 0 saturated carbocycles. The first kappa shape index (κ1) is 15.0. The molecule has 0 spiro atoms. The predicted molar refractivity (Wildman–Crippen MR) is 98.3 cm³/mol. The van der Waals surface area contributed by atoms with Gasteiger partial charge in [0.05, 0.1) is 18.5 Å². The van der Waals surface area contributed by atoms with Crippen LogP contribution in [0.4, 0.5) is 0 Å². The molecule has 0 amide bonds. The SMILES string of the molecule is Cc1cc(-c2csc(-c3ccccc3)n2)c(C)n1Cc1ccco1. The first-order chi connectivity index (χ1) is 11.7. The molecule has 3 heterocycles. The van der Waals surface area contributed by atoms with Crippen molar-refractivity contribution in [3.05, 3.63) is 77.3 Å². The molecule has 0 aliphatic heterocycles. The highest BCUT2D eigenvalue weighted by Crippen LogP contribution is 2.32. The topological polar surface area (TPSA) is 31.0 Å². The highest BCUT2D eigenvalue weighted by molar-refractivity contribution is 7.13. The van der Waals surface area contributed by atoms with Gasteiger partial charge in [-0.1, -0.05) is 30.3 Å². The van der Waals surface area contributed by atoms with Gasteiger partial charge in [0.2, 0.25) is 0 Å². The molecule has 4 heteroatoms. The molecule has 0 atom stereocenters. The third kappa shape index (κ3) is 2.69. The van der Waals surface area contributed by atoms with E-state index in [1.165, 1.54) is 17.0 Å². The molecule has 24 heavy (non-hydrogen) atoms. The van der Waals surface area contributed by atoms with Gasteiger partial charge in [-0.2, -0.15) is 0 Å². The van der Waals surface area contributed by atoms with E-state index in [9.17, 15) is 0 Å². The van der Waals surface area contributed by atoms with E-state index in [4.69, 9.17) is 9.40 Å². The Morgan fingerprint density at radius 1 is 1.08 bits per heavy atom. The van der Waals surface area contributed by atoms with E-state index in [-0.39, 0.29) is 0 Å². The lowest BCUT2D eigenvalue weighted by Crippen LogP contribution is -2.02. The maximum Gasteiger partial charge on any atom is 0.124 e. The molecule has 0 fully saturated rings. The van der Waals surface area contributed by atoms with E-state index >= 15 is 0 Å². The predicted octanol–water partition coefficient (Wildman–Crippen LogP) is 5.54. The van der Waals surface area contributed by atoms with Gasteiger partial charge in [0.1, 0.15) is 10.8 Å². The number of furan rings is 1. The molecule has 0 aliphatic rings. The van der Waals surface area contributed by atoms with Gasteiger partial charge in [-0.3, -0.25) is 0 Å². The summed E-state index contributed by atoms with van der Waals surface area (Å²) in [6.07, 6.45) is 1.72. The Bertz CT molecular complexity index is 949. The number of rotatable bonds is 4. The van der Waals surface area contributed by atoms with E-state index in [0.717, 1.165) is 28.6 Å². The summed E-state index contributed by atoms with van der Waals surface area (Å²) < 4.78 is 7.76. The average Bonchev–Trinajstić information content (AvgIpc) is 3.33. The number of aromatic nitrogens is 2. The van der Waals surface area contributed by atoms with Crippen molar-refractivity contribution in [3.8, 4) is 21.8 Å². The van der Waals surface area contributed by atoms with Crippen molar-refractivity contribution in [2.45, 2.75) is 20.4 Å². The van der Waals surface area contributed by atoms with E-state index in [1.807, 2.05) is 30.3 Å². The Morgan fingerprint density at radius 3 is 2.67 bits per heavy atom. The third-order valence-electron chi connectivity index (χ3n) is 4.27. The quantitative estimate of drug-likeness (QED) is 0.491. The first-order valence-electron chi connectivity index (χ1n) is 7.93. The van der Waals surface area contributed by atoms with Crippen molar-refractivity contribution < 1.29 is 4.42 Å². The maximum atomic E-state index is 5.49. The summed E-state index contributed by atoms with van der Waals surface area (Å²) in [5, 5.41) is 3.20. The minimum absolute atomic E-state index is 0.750. The van der Waals surface area contributed by atoms with Crippen LogP contribution in [0.25, 0.3) is 21.8 Å². The number of benzene rings is 1. The number of aryl methyl sites for hydroxylation is 1. The number of thiazole rings is 1. The molecule has 120 valence electrons. The maximum absolute atomic E-state index is 5.49. The Morgan fingerprint density at radius 2 is 1.92 bits per heavy atom. The fourth-order valence-electron chi connectivity index (χ4n) is 2.97. The van der Waals surface area contributed by atoms with E-state index in [1.54, 1.807) is 17.6 Å². The van der Waals surface area contributed by atoms with Crippen LogP contribution >= 0.6 is 11.3 Å². The second-order valence-electron chi connectivity index (χ2n) is 5.85. The summed E-state index contributed by atoms with van der Waals surface area (Å²) in [5.41, 5.74) is 5.83. The monoisotopic (exact) mass is 334 g/mol. The molecular weight excluding hydrogens is 316 g/mol. The fraction of sp³-hybridized carbons (Fsp3) is 0.150. The fourth-order valence-corrected chi connectivity index (χ4v) is 3.80. The van der Waals surface area contributed by atoms with Gasteiger partial charge in [-0.15, -0.1) is 11.3 Å². The number of hydrogen-bond donors (Lipinski definition) is 0. The van der Waals surface area contributed by atoms with Gasteiger partial charge in [0.15, 0.2) is 0 Å². The van der Waals surface area contributed by atoms with Gasteiger partial charge in [0, 0.05) is 27.9 Å². The van der Waals surface area contributed by atoms with Gasteiger partial charge < -0.3 is 8.98 Å². The lowest BCUT2D eigenvalue weighted by atomic mass is 10.2. The summed E-state index contributed by atoms with van der Waals surface area (Å²) in [6.45, 7) is 5.02. The molecule has 1 aromatic carbocycles. The van der Waals surface area contributed by atoms with E-state index < -0.39 is 0 Å². The van der Waals surface area contributed by atoms with Crippen molar-refractivity contribution in [3.63, 3.8) is 0 Å². The van der Waals surface area contributed by atoms with E-state index in [2.05, 4.69) is 42.0 Å². The molecule has 3 aromatic heterocycles. The van der Waals surface area contributed by atoms with Crippen LogP contribution in [0.2, 0.25) is 0 Å². The smallest absolute Gasteiger partial charge is 0.124 e. The second-order valence-corrected chi connectivity index (χ2v) is 6.71. The van der Waals surface area contributed by atoms with Crippen LogP contribution in [0, 0.1) is 13.8 Å². The van der Waals surface area contributed by atoms with Crippen LogP contribution in [-0.2, 0) is 6.54 Å². The highest BCUT2D eigenvalue weighted by Gasteiger charge is 2.15. The van der Waals surface area contributed by atoms with Crippen LogP contribution in [-0.4, -0.2) is 9.55 Å². The third-order valence-corrected chi connectivity index (χ3v) is 5.16. The van der Waals surface area contributed by atoms with Crippen molar-refractivity contribution in [2.24, 2.45) is 0 Å². The zero-order valence-electron chi connectivity index (χ0n) is 13.7. The normalized spacial score (nSPS) is 11.1. The second kappa shape index (κ2) is 6.13. The average molecular weight is 334 g/mol. The highest BCUT2D eigenvalue weighted by atomic mass is 32.1. The Kier molecular flexibility index (Phi) is 3.82. The Balaban J connectivity index is 1.69. The Labute approximate surface area is 145 Å². The molecule has 0 bridgehead atoms. The van der Waals surface area contributed by atoms with Crippen molar-refractivity contribution in [2.75, 3.05) is 0 Å². The summed E-state index contributed by atoms with van der Waals surface area (Å²) in [4.78, 5) is 4.84. The van der Waals surface area contributed by atoms with Crippen LogP contribution in [0.3, 0.4) is 0 Å². The van der Waals surface area contributed by atoms with Gasteiger partial charge in [-0.25, -0.2) is 4.98 Å². The standard InChI is InChI=1S/C20H18N2OS/c1-14-11-18(15(2)22(14)12-17-9-6-10-23-17)19-13-24-20(21-19)16-7-4-3-5-8-16/h3-11,13H,12H2,1-2H3. The van der Waals surface area contributed by atoms with Gasteiger partial charge >= 0.3 is 0 Å². The Hall–Kier alpha value is -2.59. The zero-order chi connectivity index (χ0) is 16.5. The number of nitrogens with zero attached hydrogens (tertiary/aromatic N) is 2. The summed E-state index contributed by atoms with van der Waals surface area (Å²) in [5.74, 6) is 0.964. The first-order valence-corrected chi connectivity index (χ1v) is 8.81. The van der Waals surface area contributed by atoms with Crippen LogP contribution in [0.15, 0.2) is 64.6 Å². The van der Waals surface area contributed by atoms with E-state index in [0.29, 0.717) is 0 Å². The largest absolute Gasteiger partial charge is 0.467 e. The molecule has 3 nitrogen and oxygen atoms in total. The van der Waals surface area contributed by atoms with Crippen LogP contribution < -0.4 is 0 Å². The van der Waals surface area contributed by atoms with Crippen LogP contribution in [0.5, 0.6) is 0 Å². The minimum Gasteiger partial charge on any atom is -0.467 e. The van der Waals surface area contributed by atoms with Gasteiger partial charge in [0.25, 0.3) is 0 Å². The van der Waals surface area contributed by atoms with Crippen molar-refractivity contribution in [1.82, 2.24) is 9.55 Å². The summed E-state index contributed by atoms with van der Waals surface area (Å²) >= 11 is 1.69.